The van der Waals surface area contributed by atoms with Gasteiger partial charge in [0.15, 0.2) is 0 Å². The van der Waals surface area contributed by atoms with E-state index in [2.05, 4.69) is 44.3 Å². The third-order valence-electron chi connectivity index (χ3n) is 3.78. The molecule has 0 saturated carbocycles. The van der Waals surface area contributed by atoms with Crippen molar-refractivity contribution in [2.75, 3.05) is 12.8 Å². The third-order valence-corrected chi connectivity index (χ3v) is 4.40. The van der Waals surface area contributed by atoms with Gasteiger partial charge in [-0.1, -0.05) is 13.8 Å². The molecule has 1 unspecified atom stereocenters. The van der Waals surface area contributed by atoms with E-state index in [-0.39, 0.29) is 11.6 Å². The molecule has 1 atom stereocenters. The van der Waals surface area contributed by atoms with E-state index in [9.17, 15) is 8.42 Å². The lowest BCUT2D eigenvalue weighted by molar-refractivity contribution is 0.212. The summed E-state index contributed by atoms with van der Waals surface area (Å²) >= 11 is 0. The van der Waals surface area contributed by atoms with Crippen LogP contribution in [0.4, 0.5) is 0 Å². The summed E-state index contributed by atoms with van der Waals surface area (Å²) in [6.45, 7) is 14.6. The van der Waals surface area contributed by atoms with Gasteiger partial charge < -0.3 is 4.90 Å². The standard InChI is InChI=1S/C14H26N2O3S/c1-10(2)11(3)13(15-6)16-9-12(8-14(16,4)5)19-20(7,17)18/h10,12H,6,8-9H2,1-5,7H3/b13-11-. The van der Waals surface area contributed by atoms with Gasteiger partial charge in [0.1, 0.15) is 5.82 Å². The van der Waals surface area contributed by atoms with Crippen LogP contribution in [0.15, 0.2) is 16.4 Å². The second-order valence-electron chi connectivity index (χ2n) is 6.37. The van der Waals surface area contributed by atoms with Crippen LogP contribution in [0, 0.1) is 5.92 Å². The van der Waals surface area contributed by atoms with Crippen molar-refractivity contribution >= 4 is 16.8 Å². The maximum atomic E-state index is 11.3. The maximum absolute atomic E-state index is 11.3. The molecule has 0 N–H and O–H groups in total. The number of allylic oxidation sites excluding steroid dienone is 1. The van der Waals surface area contributed by atoms with Crippen LogP contribution >= 0.6 is 0 Å². The van der Waals surface area contributed by atoms with E-state index in [1.807, 2.05) is 6.92 Å². The van der Waals surface area contributed by atoms with Gasteiger partial charge >= 0.3 is 0 Å². The molecule has 1 saturated heterocycles. The largest absolute Gasteiger partial charge is 0.349 e. The van der Waals surface area contributed by atoms with Crippen molar-refractivity contribution in [2.45, 2.75) is 52.7 Å². The summed E-state index contributed by atoms with van der Waals surface area (Å²) in [5.74, 6) is 1.20. The minimum atomic E-state index is -3.44. The van der Waals surface area contributed by atoms with Crippen LogP contribution in [0.2, 0.25) is 0 Å². The molecule has 20 heavy (non-hydrogen) atoms. The van der Waals surface area contributed by atoms with E-state index >= 15 is 0 Å². The van der Waals surface area contributed by atoms with Crippen molar-refractivity contribution < 1.29 is 12.6 Å². The summed E-state index contributed by atoms with van der Waals surface area (Å²) in [5.41, 5.74) is 0.940. The van der Waals surface area contributed by atoms with Gasteiger partial charge in [-0.25, -0.2) is 4.99 Å². The molecule has 0 aromatic carbocycles. The lowest BCUT2D eigenvalue weighted by Gasteiger charge is -2.34. The molecule has 1 rings (SSSR count). The van der Waals surface area contributed by atoms with Crippen LogP contribution < -0.4 is 0 Å². The van der Waals surface area contributed by atoms with Crippen molar-refractivity contribution in [1.82, 2.24) is 4.90 Å². The van der Waals surface area contributed by atoms with Crippen LogP contribution in [-0.4, -0.2) is 44.5 Å². The van der Waals surface area contributed by atoms with Crippen LogP contribution in [0.1, 0.15) is 41.0 Å². The Morgan fingerprint density at radius 3 is 2.40 bits per heavy atom. The van der Waals surface area contributed by atoms with Crippen molar-refractivity contribution in [3.63, 3.8) is 0 Å². The third kappa shape index (κ3) is 4.06. The summed E-state index contributed by atoms with van der Waals surface area (Å²) in [4.78, 5) is 6.27. The monoisotopic (exact) mass is 302 g/mol. The summed E-state index contributed by atoms with van der Waals surface area (Å²) < 4.78 is 27.7. The fraction of sp³-hybridized carbons (Fsp3) is 0.786. The molecule has 1 aliphatic rings. The average Bonchev–Trinajstić information content (AvgIpc) is 2.51. The van der Waals surface area contributed by atoms with Gasteiger partial charge in [-0.05, 0) is 45.4 Å². The van der Waals surface area contributed by atoms with Gasteiger partial charge in [-0.15, -0.1) is 0 Å². The molecular formula is C14H26N2O3S. The first kappa shape index (κ1) is 17.2. The molecule has 0 amide bonds. The number of likely N-dealkylation sites (tertiary alicyclic amines) is 1. The summed E-state index contributed by atoms with van der Waals surface area (Å²) in [7, 11) is -3.44. The van der Waals surface area contributed by atoms with E-state index in [1.54, 1.807) is 0 Å². The SMILES string of the molecule is C=N/C(=C(\C)C(C)C)N1CC(OS(C)(=O)=O)CC1(C)C. The Morgan fingerprint density at radius 2 is 2.00 bits per heavy atom. The Hall–Kier alpha value is -0.880. The zero-order valence-corrected chi connectivity index (χ0v) is 14.1. The zero-order valence-electron chi connectivity index (χ0n) is 13.3. The van der Waals surface area contributed by atoms with Gasteiger partial charge in [0.2, 0.25) is 0 Å². The van der Waals surface area contributed by atoms with Gasteiger partial charge in [0.25, 0.3) is 10.1 Å². The molecule has 116 valence electrons. The zero-order chi connectivity index (χ0) is 15.7. The number of aliphatic imine (C=N–C) groups is 1. The Balaban J connectivity index is 3.06. The molecule has 1 fully saturated rings. The van der Waals surface area contributed by atoms with E-state index in [4.69, 9.17) is 4.18 Å². The van der Waals surface area contributed by atoms with E-state index in [0.29, 0.717) is 18.9 Å². The lowest BCUT2D eigenvalue weighted by Crippen LogP contribution is -2.37. The van der Waals surface area contributed by atoms with Gasteiger partial charge in [-0.3, -0.25) is 4.18 Å². The van der Waals surface area contributed by atoms with Crippen molar-refractivity contribution in [3.05, 3.63) is 11.4 Å². The normalized spacial score (nSPS) is 23.9. The first-order chi connectivity index (χ1) is 8.98. The van der Waals surface area contributed by atoms with E-state index in [0.717, 1.165) is 17.6 Å². The minimum Gasteiger partial charge on any atom is -0.349 e. The van der Waals surface area contributed by atoms with Crippen LogP contribution in [-0.2, 0) is 14.3 Å². The molecule has 5 nitrogen and oxygen atoms in total. The molecule has 1 heterocycles. The number of hydrogen-bond acceptors (Lipinski definition) is 5. The fourth-order valence-corrected chi connectivity index (χ4v) is 3.17. The molecule has 0 radical (unpaired) electrons. The number of hydrogen-bond donors (Lipinski definition) is 0. The van der Waals surface area contributed by atoms with Crippen molar-refractivity contribution in [1.29, 1.82) is 0 Å². The minimum absolute atomic E-state index is 0.206. The summed E-state index contributed by atoms with van der Waals surface area (Å²) in [6.07, 6.45) is 1.39. The second-order valence-corrected chi connectivity index (χ2v) is 7.97. The Morgan fingerprint density at radius 1 is 1.45 bits per heavy atom. The first-order valence-electron chi connectivity index (χ1n) is 6.81. The molecule has 0 aromatic rings. The van der Waals surface area contributed by atoms with Crippen molar-refractivity contribution in [3.8, 4) is 0 Å². The Kier molecular flexibility index (Phi) is 5.03. The highest BCUT2D eigenvalue weighted by molar-refractivity contribution is 7.86. The number of nitrogens with zero attached hydrogens (tertiary/aromatic N) is 2. The topological polar surface area (TPSA) is 59.0 Å². The Bertz CT molecular complexity index is 507. The molecule has 0 bridgehead atoms. The van der Waals surface area contributed by atoms with Crippen molar-refractivity contribution in [2.24, 2.45) is 10.9 Å². The van der Waals surface area contributed by atoms with Crippen LogP contribution in [0.3, 0.4) is 0 Å². The number of rotatable bonds is 5. The summed E-state index contributed by atoms with van der Waals surface area (Å²) in [6, 6.07) is 0. The molecule has 1 aliphatic heterocycles. The first-order valence-corrected chi connectivity index (χ1v) is 8.63. The fourth-order valence-electron chi connectivity index (χ4n) is 2.55. The highest BCUT2D eigenvalue weighted by Crippen LogP contribution is 2.36. The van der Waals surface area contributed by atoms with E-state index < -0.39 is 10.1 Å². The quantitative estimate of drug-likeness (QED) is 0.578. The smallest absolute Gasteiger partial charge is 0.264 e. The highest BCUT2D eigenvalue weighted by Gasteiger charge is 2.41. The van der Waals surface area contributed by atoms with Crippen LogP contribution in [0.25, 0.3) is 0 Å². The predicted octanol–water partition coefficient (Wildman–Crippen LogP) is 2.40. The lowest BCUT2D eigenvalue weighted by atomic mass is 9.99. The van der Waals surface area contributed by atoms with E-state index in [1.165, 1.54) is 0 Å². The molecular weight excluding hydrogens is 276 g/mol. The molecule has 0 aliphatic carbocycles. The predicted molar refractivity (Wildman–Crippen MR) is 82.2 cm³/mol. The van der Waals surface area contributed by atoms with Crippen LogP contribution in [0.5, 0.6) is 0 Å². The van der Waals surface area contributed by atoms with Gasteiger partial charge in [0, 0.05) is 12.1 Å². The maximum Gasteiger partial charge on any atom is 0.264 e. The summed E-state index contributed by atoms with van der Waals surface area (Å²) in [5, 5.41) is 0. The molecule has 0 spiro atoms. The highest BCUT2D eigenvalue weighted by atomic mass is 32.2. The Labute approximate surface area is 122 Å². The molecule has 6 heteroatoms. The van der Waals surface area contributed by atoms with Gasteiger partial charge in [-0.2, -0.15) is 8.42 Å². The second kappa shape index (κ2) is 5.85. The van der Waals surface area contributed by atoms with Gasteiger partial charge in [0.05, 0.1) is 12.4 Å². The molecule has 0 aromatic heterocycles. The average molecular weight is 302 g/mol.